The van der Waals surface area contributed by atoms with E-state index in [9.17, 15) is 5.26 Å². The first-order chi connectivity index (χ1) is 21.0. The SMILES string of the molecule is CC1(C)c2ccccc2-c2cc3c(cc21)oc1cc(-c2cccc(C#N)c2-n2c4c(c5c2CCC=C5)C=CCC4)ccc13. The first kappa shape index (κ1) is 24.5. The monoisotopic (exact) mass is 554 g/mol. The van der Waals surface area contributed by atoms with Crippen molar-refractivity contribution < 1.29 is 4.42 Å². The van der Waals surface area contributed by atoms with E-state index in [0.29, 0.717) is 5.56 Å². The number of nitriles is 1. The molecule has 0 unspecified atom stereocenters. The summed E-state index contributed by atoms with van der Waals surface area (Å²) in [5.41, 5.74) is 16.1. The maximum absolute atomic E-state index is 10.3. The molecule has 4 aromatic carbocycles. The lowest BCUT2D eigenvalue weighted by Gasteiger charge is -2.21. The van der Waals surface area contributed by atoms with E-state index in [4.69, 9.17) is 4.42 Å². The van der Waals surface area contributed by atoms with Crippen molar-refractivity contribution in [1.29, 1.82) is 5.26 Å². The minimum absolute atomic E-state index is 0.0731. The molecule has 3 aliphatic carbocycles. The highest BCUT2D eigenvalue weighted by Gasteiger charge is 2.36. The molecule has 0 aliphatic heterocycles. The van der Waals surface area contributed by atoms with Gasteiger partial charge in [0.2, 0.25) is 0 Å². The molecule has 6 aromatic rings. The third-order valence-corrected chi connectivity index (χ3v) is 9.98. The summed E-state index contributed by atoms with van der Waals surface area (Å²) < 4.78 is 9.03. The number of aromatic nitrogens is 1. The lowest BCUT2D eigenvalue weighted by molar-refractivity contribution is 0.647. The van der Waals surface area contributed by atoms with Gasteiger partial charge in [0.1, 0.15) is 17.2 Å². The lowest BCUT2D eigenvalue weighted by atomic mass is 9.82. The highest BCUT2D eigenvalue weighted by molar-refractivity contribution is 6.08. The van der Waals surface area contributed by atoms with Gasteiger partial charge in [-0.05, 0) is 83.8 Å². The summed E-state index contributed by atoms with van der Waals surface area (Å²) in [5.74, 6) is 0. The fraction of sp³-hybridized carbons (Fsp3) is 0.175. The van der Waals surface area contributed by atoms with Crippen LogP contribution in [0.25, 0.3) is 62.0 Å². The second-order valence-electron chi connectivity index (χ2n) is 12.6. The first-order valence-corrected chi connectivity index (χ1v) is 15.3. The Kier molecular flexibility index (Phi) is 4.97. The van der Waals surface area contributed by atoms with Gasteiger partial charge in [-0.1, -0.05) is 80.6 Å². The maximum atomic E-state index is 10.3. The van der Waals surface area contributed by atoms with Gasteiger partial charge in [-0.15, -0.1) is 0 Å². The molecule has 0 amide bonds. The second-order valence-corrected chi connectivity index (χ2v) is 12.6. The van der Waals surface area contributed by atoms with Crippen LogP contribution in [0.3, 0.4) is 0 Å². The van der Waals surface area contributed by atoms with E-state index >= 15 is 0 Å². The van der Waals surface area contributed by atoms with Crippen LogP contribution < -0.4 is 0 Å². The van der Waals surface area contributed by atoms with Crippen LogP contribution in [0.15, 0.2) is 89.4 Å². The van der Waals surface area contributed by atoms with Crippen molar-refractivity contribution >= 4 is 34.1 Å². The molecule has 0 fully saturated rings. The third-order valence-electron chi connectivity index (χ3n) is 9.98. The van der Waals surface area contributed by atoms with E-state index in [1.807, 2.05) is 12.1 Å². The van der Waals surface area contributed by atoms with Crippen LogP contribution in [0, 0.1) is 11.3 Å². The standard InChI is InChI=1S/C40H30N2O/c1-40(2)33-15-6-3-11-27(33)31-21-32-30-19-18-24(20-37(30)43-38(32)22-34(31)40)26-14-9-10-25(23-41)39(26)42-35-16-7-4-12-28(35)29-13-5-8-17-36(29)42/h3-6,9-15,18-22H,7-8,16-17H2,1-2H3. The Labute approximate surface area is 251 Å². The maximum Gasteiger partial charge on any atom is 0.136 e. The van der Waals surface area contributed by atoms with E-state index in [2.05, 4.69) is 109 Å². The minimum Gasteiger partial charge on any atom is -0.456 e. The molecule has 3 nitrogen and oxygen atoms in total. The summed E-state index contributed by atoms with van der Waals surface area (Å²) in [5, 5.41) is 12.6. The molecule has 0 radical (unpaired) electrons. The van der Waals surface area contributed by atoms with Gasteiger partial charge in [-0.25, -0.2) is 0 Å². The molecule has 3 heteroatoms. The number of nitrogens with zero attached hydrogens (tertiary/aromatic N) is 2. The van der Waals surface area contributed by atoms with Gasteiger partial charge < -0.3 is 8.98 Å². The topological polar surface area (TPSA) is 41.9 Å². The molecule has 43 heavy (non-hydrogen) atoms. The largest absolute Gasteiger partial charge is 0.456 e. The Morgan fingerprint density at radius 1 is 0.721 bits per heavy atom. The van der Waals surface area contributed by atoms with Crippen molar-refractivity contribution in [1.82, 2.24) is 4.57 Å². The highest BCUT2D eigenvalue weighted by Crippen LogP contribution is 2.51. The molecule has 2 aromatic heterocycles. The number of rotatable bonds is 2. The molecule has 3 aliphatic rings. The molecular formula is C40H30N2O. The predicted octanol–water partition coefficient (Wildman–Crippen LogP) is 10.1. The predicted molar refractivity (Wildman–Crippen MR) is 175 cm³/mol. The molecule has 0 saturated heterocycles. The Bertz CT molecular complexity index is 2240. The number of fused-ring (bicyclic) bond motifs is 9. The zero-order chi connectivity index (χ0) is 28.9. The Morgan fingerprint density at radius 2 is 1.44 bits per heavy atom. The van der Waals surface area contributed by atoms with Gasteiger partial charge in [0.05, 0.1) is 11.3 Å². The van der Waals surface area contributed by atoms with Crippen LogP contribution in [0.1, 0.15) is 65.9 Å². The van der Waals surface area contributed by atoms with Crippen LogP contribution in [-0.4, -0.2) is 4.57 Å². The van der Waals surface area contributed by atoms with E-state index < -0.39 is 0 Å². The fourth-order valence-corrected chi connectivity index (χ4v) is 7.94. The summed E-state index contributed by atoms with van der Waals surface area (Å²) in [6.45, 7) is 4.61. The van der Waals surface area contributed by atoms with E-state index in [1.165, 1.54) is 44.8 Å². The summed E-state index contributed by atoms with van der Waals surface area (Å²) in [6.07, 6.45) is 13.1. The van der Waals surface area contributed by atoms with Gasteiger partial charge in [0.15, 0.2) is 0 Å². The molecular weight excluding hydrogens is 524 g/mol. The van der Waals surface area contributed by atoms with E-state index in [0.717, 1.165) is 64.4 Å². The number of hydrogen-bond donors (Lipinski definition) is 0. The van der Waals surface area contributed by atoms with Gasteiger partial charge >= 0.3 is 0 Å². The van der Waals surface area contributed by atoms with Crippen LogP contribution in [0.5, 0.6) is 0 Å². The normalized spacial score (nSPS) is 15.7. The van der Waals surface area contributed by atoms with Gasteiger partial charge in [0.25, 0.3) is 0 Å². The quantitative estimate of drug-likeness (QED) is 0.214. The van der Waals surface area contributed by atoms with Gasteiger partial charge in [-0.3, -0.25) is 0 Å². The number of furan rings is 1. The van der Waals surface area contributed by atoms with Crippen molar-refractivity contribution in [2.24, 2.45) is 0 Å². The van der Waals surface area contributed by atoms with Crippen molar-refractivity contribution in [2.75, 3.05) is 0 Å². The average Bonchev–Trinajstić information content (AvgIpc) is 3.65. The molecule has 206 valence electrons. The van der Waals surface area contributed by atoms with Gasteiger partial charge in [0, 0.05) is 44.3 Å². The van der Waals surface area contributed by atoms with Crippen molar-refractivity contribution in [2.45, 2.75) is 44.9 Å². The highest BCUT2D eigenvalue weighted by atomic mass is 16.3. The Morgan fingerprint density at radius 3 is 2.21 bits per heavy atom. The Hall–Kier alpha value is -5.07. The first-order valence-electron chi connectivity index (χ1n) is 15.3. The summed E-state index contributed by atoms with van der Waals surface area (Å²) >= 11 is 0. The smallest absolute Gasteiger partial charge is 0.136 e. The Balaban J connectivity index is 1.26. The van der Waals surface area contributed by atoms with Crippen molar-refractivity contribution in [3.05, 3.63) is 124 Å². The van der Waals surface area contributed by atoms with Crippen molar-refractivity contribution in [3.8, 4) is 34.0 Å². The van der Waals surface area contributed by atoms with Crippen LogP contribution in [0.4, 0.5) is 0 Å². The zero-order valence-electron chi connectivity index (χ0n) is 24.4. The summed E-state index contributed by atoms with van der Waals surface area (Å²) in [4.78, 5) is 0. The van der Waals surface area contributed by atoms with Gasteiger partial charge in [-0.2, -0.15) is 5.26 Å². The number of hydrogen-bond acceptors (Lipinski definition) is 2. The third kappa shape index (κ3) is 3.30. The lowest BCUT2D eigenvalue weighted by Crippen LogP contribution is -2.14. The molecule has 0 N–H and O–H groups in total. The fourth-order valence-electron chi connectivity index (χ4n) is 7.94. The zero-order valence-corrected chi connectivity index (χ0v) is 24.4. The van der Waals surface area contributed by atoms with Crippen LogP contribution in [-0.2, 0) is 18.3 Å². The number of allylic oxidation sites excluding steroid dienone is 2. The van der Waals surface area contributed by atoms with Crippen LogP contribution in [0.2, 0.25) is 0 Å². The molecule has 9 rings (SSSR count). The van der Waals surface area contributed by atoms with E-state index in [1.54, 1.807) is 0 Å². The molecule has 0 saturated carbocycles. The molecule has 0 spiro atoms. The van der Waals surface area contributed by atoms with Crippen molar-refractivity contribution in [3.63, 3.8) is 0 Å². The molecule has 0 atom stereocenters. The number of para-hydroxylation sites is 1. The van der Waals surface area contributed by atoms with Crippen LogP contribution >= 0.6 is 0 Å². The minimum atomic E-state index is -0.0731. The average molecular weight is 555 g/mol. The summed E-state index contributed by atoms with van der Waals surface area (Å²) in [7, 11) is 0. The van der Waals surface area contributed by atoms with E-state index in [-0.39, 0.29) is 5.41 Å². The molecule has 2 heterocycles. The summed E-state index contributed by atoms with van der Waals surface area (Å²) in [6, 6.07) is 28.5. The molecule has 0 bridgehead atoms. The number of benzene rings is 4. The second kappa shape index (κ2) is 8.72.